The van der Waals surface area contributed by atoms with Crippen LogP contribution in [0.2, 0.25) is 0 Å². The molecule has 3 rings (SSSR count). The lowest BCUT2D eigenvalue weighted by Gasteiger charge is -2.14. The van der Waals surface area contributed by atoms with Crippen molar-refractivity contribution in [3.05, 3.63) is 91.4 Å². The zero-order valence-electron chi connectivity index (χ0n) is 18.3. The number of carbonyl (C=O) groups is 1. The maximum Gasteiger partial charge on any atom is 0.466 e. The van der Waals surface area contributed by atoms with E-state index in [4.69, 9.17) is 33.5 Å². The van der Waals surface area contributed by atoms with E-state index < -0.39 is 29.7 Å². The molecule has 0 fully saturated rings. The Balaban J connectivity index is 0.000000830. The predicted octanol–water partition coefficient (Wildman–Crippen LogP) is 1.83. The number of nitro groups is 2. The number of esters is 1. The van der Waals surface area contributed by atoms with Gasteiger partial charge < -0.3 is 34.0 Å². The number of hydrogen-bond donors (Lipinski definition) is 4. The van der Waals surface area contributed by atoms with Gasteiger partial charge in [0, 0.05) is 25.2 Å². The van der Waals surface area contributed by atoms with E-state index in [9.17, 15) is 30.1 Å². The summed E-state index contributed by atoms with van der Waals surface area (Å²) < 4.78 is 25.2. The first-order valence-electron chi connectivity index (χ1n) is 9.96. The van der Waals surface area contributed by atoms with Crippen LogP contribution >= 0.6 is 7.82 Å². The topological polar surface area (TPSA) is 229 Å². The van der Waals surface area contributed by atoms with Crippen LogP contribution in [0, 0.1) is 20.2 Å². The van der Waals surface area contributed by atoms with Crippen LogP contribution in [0.3, 0.4) is 0 Å². The number of aliphatic hydroxyl groups is 1. The van der Waals surface area contributed by atoms with Crippen molar-refractivity contribution in [2.45, 2.75) is 25.7 Å². The molecule has 0 aromatic heterocycles. The van der Waals surface area contributed by atoms with Crippen molar-refractivity contribution in [3.63, 3.8) is 0 Å². The van der Waals surface area contributed by atoms with E-state index >= 15 is 0 Å². The van der Waals surface area contributed by atoms with E-state index in [1.807, 2.05) is 0 Å². The molecule has 1 aliphatic heterocycles. The minimum atomic E-state index is -4.64. The Kier molecular flexibility index (Phi) is 10.0. The summed E-state index contributed by atoms with van der Waals surface area (Å²) in [7, 11) is -4.64. The maximum atomic E-state index is 12.3. The fourth-order valence-electron chi connectivity index (χ4n) is 3.01. The molecule has 0 saturated carbocycles. The molecule has 0 bridgehead atoms. The van der Waals surface area contributed by atoms with Gasteiger partial charge in [0.15, 0.2) is 11.9 Å². The highest BCUT2D eigenvalue weighted by Crippen LogP contribution is 2.31. The van der Waals surface area contributed by atoms with Crippen LogP contribution in [0.1, 0.15) is 17.5 Å². The molecule has 194 valence electrons. The van der Waals surface area contributed by atoms with Gasteiger partial charge in [-0.2, -0.15) is 0 Å². The summed E-state index contributed by atoms with van der Waals surface area (Å²) in [6.07, 6.45) is -0.919. The van der Waals surface area contributed by atoms with E-state index in [2.05, 4.69) is 0 Å². The van der Waals surface area contributed by atoms with E-state index in [-0.39, 0.29) is 60.3 Å². The molecule has 1 atom stereocenters. The van der Waals surface area contributed by atoms with Crippen molar-refractivity contribution >= 4 is 25.2 Å². The van der Waals surface area contributed by atoms with Gasteiger partial charge in [0.1, 0.15) is 13.2 Å². The fraction of sp³-hybridized carbons (Fsp3) is 0.250. The Bertz CT molecular complexity index is 1190. The lowest BCUT2D eigenvalue weighted by Crippen LogP contribution is -2.15. The normalized spacial score (nSPS) is 15.0. The zero-order valence-corrected chi connectivity index (χ0v) is 19.2. The number of ether oxygens (including phenoxy) is 3. The number of rotatable bonds is 10. The minimum absolute atomic E-state index is 0.0241. The van der Waals surface area contributed by atoms with Crippen molar-refractivity contribution in [1.29, 1.82) is 0 Å². The molecule has 0 amide bonds. The molecule has 2 aromatic rings. The van der Waals surface area contributed by atoms with Gasteiger partial charge in [-0.05, 0) is 12.1 Å². The minimum Gasteiger partial charge on any atom is -0.485 e. The third-order valence-corrected chi connectivity index (χ3v) is 4.47. The molecule has 1 heterocycles. The van der Waals surface area contributed by atoms with Gasteiger partial charge in [0.25, 0.3) is 11.4 Å². The van der Waals surface area contributed by atoms with Crippen LogP contribution in [0.25, 0.3) is 0 Å². The second kappa shape index (κ2) is 12.7. The summed E-state index contributed by atoms with van der Waals surface area (Å²) in [5.41, 5.74) is 0.162. The Morgan fingerprint density at radius 2 is 1.33 bits per heavy atom. The van der Waals surface area contributed by atoms with Crippen molar-refractivity contribution in [1.82, 2.24) is 0 Å². The van der Waals surface area contributed by atoms with Gasteiger partial charge in [-0.1, -0.05) is 24.3 Å². The molecule has 0 spiro atoms. The van der Waals surface area contributed by atoms with Gasteiger partial charge in [-0.15, -0.1) is 0 Å². The van der Waals surface area contributed by atoms with Crippen molar-refractivity contribution in [2.75, 3.05) is 6.61 Å². The van der Waals surface area contributed by atoms with Gasteiger partial charge in [-0.25, -0.2) is 9.36 Å². The molecule has 0 saturated heterocycles. The van der Waals surface area contributed by atoms with Crippen LogP contribution in [0.5, 0.6) is 0 Å². The average molecular weight is 528 g/mol. The number of cyclic esters (lactones) is 1. The standard InChI is InChI=1S/C20H18N2O9.H3O4P/c23-10-9-17-18(29-11-13-5-1-3-7-15(13)21(25)26)19(20(24)31-17)30-12-14-6-2-4-8-16(14)22(27)28;1-5(2,3)4/h1-8,17,23H,9-12H2;(H3,1,2,3,4). The fourth-order valence-corrected chi connectivity index (χ4v) is 3.01. The van der Waals surface area contributed by atoms with Crippen LogP contribution in [0.4, 0.5) is 11.4 Å². The van der Waals surface area contributed by atoms with E-state index in [1.165, 1.54) is 36.4 Å². The molecule has 0 radical (unpaired) electrons. The van der Waals surface area contributed by atoms with Crippen LogP contribution in [0.15, 0.2) is 60.0 Å². The number of nitrogens with zero attached hydrogens (tertiary/aromatic N) is 2. The van der Waals surface area contributed by atoms with Crippen molar-refractivity contribution in [2.24, 2.45) is 0 Å². The number of aliphatic hydroxyl groups excluding tert-OH is 1. The van der Waals surface area contributed by atoms with Gasteiger partial charge in [-0.3, -0.25) is 20.2 Å². The summed E-state index contributed by atoms with van der Waals surface area (Å²) in [5.74, 6) is -1.18. The zero-order chi connectivity index (χ0) is 26.9. The van der Waals surface area contributed by atoms with E-state index in [1.54, 1.807) is 12.1 Å². The number of benzene rings is 2. The van der Waals surface area contributed by atoms with Crippen molar-refractivity contribution in [3.8, 4) is 0 Å². The van der Waals surface area contributed by atoms with E-state index in [0.29, 0.717) is 0 Å². The average Bonchev–Trinajstić information content (AvgIpc) is 3.09. The highest BCUT2D eigenvalue weighted by molar-refractivity contribution is 7.45. The molecule has 4 N–H and O–H groups in total. The Labute approximate surface area is 202 Å². The lowest BCUT2D eigenvalue weighted by molar-refractivity contribution is -0.386. The van der Waals surface area contributed by atoms with Crippen LogP contribution < -0.4 is 0 Å². The smallest absolute Gasteiger partial charge is 0.466 e. The molecular weight excluding hydrogens is 507 g/mol. The Hall–Kier alpha value is -3.88. The quantitative estimate of drug-likeness (QED) is 0.149. The summed E-state index contributed by atoms with van der Waals surface area (Å²) in [6, 6.07) is 11.8. The molecule has 1 aliphatic rings. The number of para-hydroxylation sites is 2. The number of nitro benzene ring substituents is 2. The molecule has 1 unspecified atom stereocenters. The molecule has 16 heteroatoms. The highest BCUT2D eigenvalue weighted by atomic mass is 31.2. The number of phosphoric acid groups is 1. The monoisotopic (exact) mass is 528 g/mol. The number of hydrogen-bond acceptors (Lipinski definition) is 10. The largest absolute Gasteiger partial charge is 0.485 e. The van der Waals surface area contributed by atoms with Crippen LogP contribution in [-0.4, -0.2) is 48.3 Å². The summed E-state index contributed by atoms with van der Waals surface area (Å²) in [4.78, 5) is 55.1. The Morgan fingerprint density at radius 1 is 0.889 bits per heavy atom. The number of carbonyl (C=O) groups excluding carboxylic acids is 1. The second-order valence-corrected chi connectivity index (χ2v) is 7.99. The molecule has 0 aliphatic carbocycles. The molecule has 15 nitrogen and oxygen atoms in total. The second-order valence-electron chi connectivity index (χ2n) is 6.96. The summed E-state index contributed by atoms with van der Waals surface area (Å²) in [5, 5.41) is 31.6. The van der Waals surface area contributed by atoms with Gasteiger partial charge in [0.05, 0.1) is 21.0 Å². The third-order valence-electron chi connectivity index (χ3n) is 4.47. The van der Waals surface area contributed by atoms with Gasteiger partial charge in [0.2, 0.25) is 5.76 Å². The van der Waals surface area contributed by atoms with Gasteiger partial charge >= 0.3 is 13.8 Å². The van der Waals surface area contributed by atoms with Crippen molar-refractivity contribution < 1.29 is 53.2 Å². The van der Waals surface area contributed by atoms with E-state index in [0.717, 1.165) is 0 Å². The summed E-state index contributed by atoms with van der Waals surface area (Å²) in [6.45, 7) is -0.858. The third kappa shape index (κ3) is 8.41. The first-order chi connectivity index (χ1) is 16.9. The predicted molar refractivity (Wildman–Crippen MR) is 119 cm³/mol. The maximum absolute atomic E-state index is 12.3. The summed E-state index contributed by atoms with van der Waals surface area (Å²) >= 11 is 0. The van der Waals surface area contributed by atoms with Crippen LogP contribution in [-0.2, 0) is 36.8 Å². The molecule has 36 heavy (non-hydrogen) atoms. The molecule has 2 aromatic carbocycles. The first kappa shape index (κ1) is 28.4. The SMILES string of the molecule is O=C1OC(CCO)C(OCc2ccccc2[N+](=O)[O-])=C1OCc1ccccc1[N+](=O)[O-].O=P(O)(O)O. The molecular formula is C20H21N2O13P. The lowest BCUT2D eigenvalue weighted by atomic mass is 10.2. The Morgan fingerprint density at radius 3 is 1.78 bits per heavy atom. The highest BCUT2D eigenvalue weighted by Gasteiger charge is 2.38. The first-order valence-corrected chi connectivity index (χ1v) is 11.5.